The van der Waals surface area contributed by atoms with Gasteiger partial charge in [-0.25, -0.2) is 0 Å². The van der Waals surface area contributed by atoms with Crippen LogP contribution in [-0.4, -0.2) is 34.5 Å². The van der Waals surface area contributed by atoms with Crippen LogP contribution in [0.2, 0.25) is 0 Å². The zero-order chi connectivity index (χ0) is 12.4. The minimum atomic E-state index is -0.781. The molecule has 17 heavy (non-hydrogen) atoms. The molecule has 1 amide bonds. The Balaban J connectivity index is 2.01. The van der Waals surface area contributed by atoms with Crippen LogP contribution >= 0.6 is 0 Å². The van der Waals surface area contributed by atoms with Crippen molar-refractivity contribution in [3.63, 3.8) is 0 Å². The zero-order valence-corrected chi connectivity index (χ0v) is 10.1. The highest BCUT2D eigenvalue weighted by Gasteiger charge is 2.39. The van der Waals surface area contributed by atoms with Crippen LogP contribution in [0.25, 0.3) is 0 Å². The van der Waals surface area contributed by atoms with Crippen molar-refractivity contribution in [3.05, 3.63) is 12.2 Å². The highest BCUT2D eigenvalue weighted by molar-refractivity contribution is 5.81. The molecule has 1 saturated heterocycles. The van der Waals surface area contributed by atoms with Gasteiger partial charge in [0.15, 0.2) is 0 Å². The van der Waals surface area contributed by atoms with E-state index in [0.29, 0.717) is 13.0 Å². The fourth-order valence-corrected chi connectivity index (χ4v) is 2.83. The average Bonchev–Trinajstić information content (AvgIpc) is 2.71. The molecule has 0 aromatic heterocycles. The predicted octanol–water partition coefficient (Wildman–Crippen LogP) is 1.66. The van der Waals surface area contributed by atoms with Gasteiger partial charge in [-0.1, -0.05) is 12.2 Å². The summed E-state index contributed by atoms with van der Waals surface area (Å²) in [5, 5.41) is 9.04. The van der Waals surface area contributed by atoms with Gasteiger partial charge >= 0.3 is 5.97 Å². The molecule has 1 fully saturated rings. The molecule has 1 N–H and O–H groups in total. The van der Waals surface area contributed by atoms with Gasteiger partial charge < -0.3 is 10.0 Å². The Morgan fingerprint density at radius 2 is 2.06 bits per heavy atom. The normalized spacial score (nSPS) is 32.8. The highest BCUT2D eigenvalue weighted by atomic mass is 16.4. The van der Waals surface area contributed by atoms with Gasteiger partial charge in [0.1, 0.15) is 0 Å². The lowest BCUT2D eigenvalue weighted by molar-refractivity contribution is -0.143. The minimum absolute atomic E-state index is 0.0648. The van der Waals surface area contributed by atoms with E-state index in [1.165, 1.54) is 0 Å². The molecule has 0 aromatic rings. The fraction of sp³-hybridized carbons (Fsp3) is 0.692. The lowest BCUT2D eigenvalue weighted by atomic mass is 9.92. The van der Waals surface area contributed by atoms with Crippen molar-refractivity contribution in [2.24, 2.45) is 11.8 Å². The predicted molar refractivity (Wildman–Crippen MR) is 63.4 cm³/mol. The summed E-state index contributed by atoms with van der Waals surface area (Å²) in [6, 6.07) is -0.161. The second-order valence-corrected chi connectivity index (χ2v) is 4.99. The highest BCUT2D eigenvalue weighted by Crippen LogP contribution is 2.29. The summed E-state index contributed by atoms with van der Waals surface area (Å²) in [5.74, 6) is -0.963. The van der Waals surface area contributed by atoms with E-state index in [1.54, 1.807) is 4.90 Å². The Kier molecular flexibility index (Phi) is 3.50. The van der Waals surface area contributed by atoms with Gasteiger partial charge in [0, 0.05) is 18.5 Å². The number of allylic oxidation sites excluding steroid dienone is 2. The number of aliphatic carboxylic acids is 1. The van der Waals surface area contributed by atoms with Crippen LogP contribution in [0.3, 0.4) is 0 Å². The Morgan fingerprint density at radius 1 is 1.29 bits per heavy atom. The molecule has 3 atom stereocenters. The Labute approximate surface area is 101 Å². The summed E-state index contributed by atoms with van der Waals surface area (Å²) in [4.78, 5) is 25.1. The molecule has 2 aliphatic rings. The summed E-state index contributed by atoms with van der Waals surface area (Å²) < 4.78 is 0. The van der Waals surface area contributed by atoms with Gasteiger partial charge in [0.2, 0.25) is 5.91 Å². The van der Waals surface area contributed by atoms with Crippen LogP contribution in [0.15, 0.2) is 12.2 Å². The first kappa shape index (κ1) is 12.1. The number of hydrogen-bond donors (Lipinski definition) is 1. The molecule has 1 heterocycles. The lowest BCUT2D eigenvalue weighted by Gasteiger charge is -2.28. The Bertz CT molecular complexity index is 351. The maximum Gasteiger partial charge on any atom is 0.308 e. The number of hydrogen-bond acceptors (Lipinski definition) is 2. The van der Waals surface area contributed by atoms with Crippen molar-refractivity contribution >= 4 is 11.9 Å². The SMILES string of the molecule is CC1C(C(=O)O)CCN1C(=O)C1CC=CCC1. The summed E-state index contributed by atoms with van der Waals surface area (Å²) in [7, 11) is 0. The quantitative estimate of drug-likeness (QED) is 0.743. The number of nitrogens with zero attached hydrogens (tertiary/aromatic N) is 1. The maximum atomic E-state index is 12.3. The van der Waals surface area contributed by atoms with E-state index in [2.05, 4.69) is 12.2 Å². The first-order valence-electron chi connectivity index (χ1n) is 6.29. The third kappa shape index (κ3) is 2.35. The van der Waals surface area contributed by atoms with E-state index >= 15 is 0 Å². The van der Waals surface area contributed by atoms with Crippen LogP contribution in [-0.2, 0) is 9.59 Å². The number of carboxylic acid groups (broad SMARTS) is 1. The number of carboxylic acids is 1. The van der Waals surface area contributed by atoms with Crippen LogP contribution in [0.4, 0.5) is 0 Å². The van der Waals surface area contributed by atoms with E-state index in [-0.39, 0.29) is 17.9 Å². The van der Waals surface area contributed by atoms with Crippen LogP contribution < -0.4 is 0 Å². The van der Waals surface area contributed by atoms with Crippen molar-refractivity contribution in [1.29, 1.82) is 0 Å². The van der Waals surface area contributed by atoms with E-state index < -0.39 is 11.9 Å². The van der Waals surface area contributed by atoms with Crippen LogP contribution in [0, 0.1) is 11.8 Å². The molecular weight excluding hydrogens is 218 g/mol. The van der Waals surface area contributed by atoms with Gasteiger partial charge in [0.25, 0.3) is 0 Å². The number of likely N-dealkylation sites (tertiary alicyclic amines) is 1. The monoisotopic (exact) mass is 237 g/mol. The second-order valence-electron chi connectivity index (χ2n) is 4.99. The molecule has 4 heteroatoms. The molecule has 2 rings (SSSR count). The second kappa shape index (κ2) is 4.90. The molecule has 3 unspecified atom stereocenters. The topological polar surface area (TPSA) is 57.6 Å². The minimum Gasteiger partial charge on any atom is -0.481 e. The van der Waals surface area contributed by atoms with Gasteiger partial charge in [0.05, 0.1) is 5.92 Å². The molecule has 0 saturated carbocycles. The fourth-order valence-electron chi connectivity index (χ4n) is 2.83. The van der Waals surface area contributed by atoms with Crippen molar-refractivity contribution in [3.8, 4) is 0 Å². The van der Waals surface area contributed by atoms with Gasteiger partial charge in [-0.15, -0.1) is 0 Å². The molecule has 1 aliphatic carbocycles. The molecule has 94 valence electrons. The van der Waals surface area contributed by atoms with Crippen LogP contribution in [0.1, 0.15) is 32.6 Å². The van der Waals surface area contributed by atoms with Crippen molar-refractivity contribution in [1.82, 2.24) is 4.90 Å². The van der Waals surface area contributed by atoms with E-state index in [1.807, 2.05) is 6.92 Å². The van der Waals surface area contributed by atoms with E-state index in [4.69, 9.17) is 5.11 Å². The van der Waals surface area contributed by atoms with Crippen molar-refractivity contribution in [2.45, 2.75) is 38.6 Å². The Hall–Kier alpha value is -1.32. The summed E-state index contributed by atoms with van der Waals surface area (Å²) in [6.45, 7) is 2.44. The standard InChI is InChI=1S/C13H19NO3/c1-9-11(13(16)17)7-8-14(9)12(15)10-5-3-2-4-6-10/h2-3,9-11H,4-8H2,1H3,(H,16,17). The van der Waals surface area contributed by atoms with E-state index in [9.17, 15) is 9.59 Å². The maximum absolute atomic E-state index is 12.3. The molecule has 0 aromatic carbocycles. The average molecular weight is 237 g/mol. The zero-order valence-electron chi connectivity index (χ0n) is 10.1. The van der Waals surface area contributed by atoms with E-state index in [0.717, 1.165) is 19.3 Å². The van der Waals surface area contributed by atoms with Crippen molar-refractivity contribution in [2.75, 3.05) is 6.54 Å². The van der Waals surface area contributed by atoms with Crippen LogP contribution in [0.5, 0.6) is 0 Å². The van der Waals surface area contributed by atoms with Crippen molar-refractivity contribution < 1.29 is 14.7 Å². The third-order valence-electron chi connectivity index (χ3n) is 3.97. The number of amides is 1. The molecule has 0 bridgehead atoms. The smallest absolute Gasteiger partial charge is 0.308 e. The third-order valence-corrected chi connectivity index (χ3v) is 3.97. The summed E-state index contributed by atoms with van der Waals surface area (Å²) in [6.07, 6.45) is 7.42. The van der Waals surface area contributed by atoms with Gasteiger partial charge in [-0.3, -0.25) is 9.59 Å². The lowest BCUT2D eigenvalue weighted by Crippen LogP contribution is -2.41. The first-order valence-corrected chi connectivity index (χ1v) is 6.29. The molecular formula is C13H19NO3. The number of carbonyl (C=O) groups excluding carboxylic acids is 1. The summed E-state index contributed by atoms with van der Waals surface area (Å²) >= 11 is 0. The largest absolute Gasteiger partial charge is 0.481 e. The summed E-state index contributed by atoms with van der Waals surface area (Å²) in [5.41, 5.74) is 0. The molecule has 0 spiro atoms. The molecule has 0 radical (unpaired) electrons. The van der Waals surface area contributed by atoms with Gasteiger partial charge in [-0.2, -0.15) is 0 Å². The number of carbonyl (C=O) groups is 2. The molecule has 4 nitrogen and oxygen atoms in total. The molecule has 1 aliphatic heterocycles. The Morgan fingerprint density at radius 3 is 2.59 bits per heavy atom. The first-order chi connectivity index (χ1) is 8.11. The number of rotatable bonds is 2. The van der Waals surface area contributed by atoms with Gasteiger partial charge in [-0.05, 0) is 32.6 Å².